The molecular weight excluding hydrogens is 150 g/mol. The van der Waals surface area contributed by atoms with Gasteiger partial charge in [0.15, 0.2) is 0 Å². The van der Waals surface area contributed by atoms with Crippen LogP contribution in [0.5, 0.6) is 0 Å². The summed E-state index contributed by atoms with van der Waals surface area (Å²) in [5, 5.41) is 0. The summed E-state index contributed by atoms with van der Waals surface area (Å²) in [6.45, 7) is 7.73. The second kappa shape index (κ2) is 3.74. The van der Waals surface area contributed by atoms with Gasteiger partial charge in [0.2, 0.25) is 5.91 Å². The van der Waals surface area contributed by atoms with E-state index < -0.39 is 0 Å². The summed E-state index contributed by atoms with van der Waals surface area (Å²) in [5.74, 6) is 0.772. The van der Waals surface area contributed by atoms with Crippen molar-refractivity contribution in [1.29, 1.82) is 0 Å². The lowest BCUT2D eigenvalue weighted by Gasteiger charge is -2.27. The maximum atomic E-state index is 11.1. The molecule has 2 heteroatoms. The Hall–Kier alpha value is -0.790. The largest absolute Gasteiger partial charge is 0.339 e. The molecule has 1 heterocycles. The van der Waals surface area contributed by atoms with Gasteiger partial charge in [-0.25, -0.2) is 0 Å². The normalized spacial score (nSPS) is 18.0. The molecule has 0 bridgehead atoms. The van der Waals surface area contributed by atoms with Crippen LogP contribution in [0, 0.1) is 5.92 Å². The Morgan fingerprint density at radius 1 is 1.58 bits per heavy atom. The maximum Gasteiger partial charge on any atom is 0.219 e. The fourth-order valence-corrected chi connectivity index (χ4v) is 1.46. The minimum absolute atomic E-state index is 0.196. The number of amides is 1. The first-order valence-corrected chi connectivity index (χ1v) is 4.55. The zero-order chi connectivity index (χ0) is 9.14. The number of nitrogens with zero attached hydrogens (tertiary/aromatic N) is 1. The number of rotatable bonds is 1. The molecule has 12 heavy (non-hydrogen) atoms. The van der Waals surface area contributed by atoms with Gasteiger partial charge < -0.3 is 4.90 Å². The third-order valence-electron chi connectivity index (χ3n) is 2.37. The predicted molar refractivity (Wildman–Crippen MR) is 49.8 cm³/mol. The van der Waals surface area contributed by atoms with Gasteiger partial charge in [-0.1, -0.05) is 25.5 Å². The molecule has 0 saturated heterocycles. The highest BCUT2D eigenvalue weighted by atomic mass is 16.2. The molecule has 0 spiro atoms. The molecule has 0 aromatic carbocycles. The number of hydrogen-bond acceptors (Lipinski definition) is 1. The molecule has 0 aromatic rings. The Labute approximate surface area is 74.2 Å². The third-order valence-corrected chi connectivity index (χ3v) is 2.37. The molecule has 0 aromatic heterocycles. The van der Waals surface area contributed by atoms with E-state index in [1.54, 1.807) is 6.92 Å². The zero-order valence-electron chi connectivity index (χ0n) is 8.13. The van der Waals surface area contributed by atoms with E-state index in [1.165, 1.54) is 5.57 Å². The Kier molecular flexibility index (Phi) is 2.90. The number of carbonyl (C=O) groups excluding carboxylic acids is 1. The highest BCUT2D eigenvalue weighted by Crippen LogP contribution is 2.16. The Morgan fingerprint density at radius 2 is 2.25 bits per heavy atom. The first-order valence-electron chi connectivity index (χ1n) is 4.55. The van der Waals surface area contributed by atoms with Gasteiger partial charge in [-0.05, 0) is 12.3 Å². The molecular formula is C10H17NO. The lowest BCUT2D eigenvalue weighted by molar-refractivity contribution is -0.128. The lowest BCUT2D eigenvalue weighted by Crippen LogP contribution is -2.34. The van der Waals surface area contributed by atoms with Gasteiger partial charge >= 0.3 is 0 Å². The number of carbonyl (C=O) groups is 1. The van der Waals surface area contributed by atoms with Crippen molar-refractivity contribution >= 4 is 5.91 Å². The van der Waals surface area contributed by atoms with Gasteiger partial charge in [0.1, 0.15) is 0 Å². The van der Waals surface area contributed by atoms with Crippen LogP contribution in [-0.4, -0.2) is 23.9 Å². The van der Waals surface area contributed by atoms with Crippen LogP contribution in [-0.2, 0) is 4.79 Å². The first-order chi connectivity index (χ1) is 5.61. The summed E-state index contributed by atoms with van der Waals surface area (Å²) >= 11 is 0. The van der Waals surface area contributed by atoms with Crippen molar-refractivity contribution in [2.24, 2.45) is 5.92 Å². The van der Waals surface area contributed by atoms with Crippen LogP contribution in [0.15, 0.2) is 11.6 Å². The van der Waals surface area contributed by atoms with Crippen LogP contribution in [0.1, 0.15) is 27.2 Å². The van der Waals surface area contributed by atoms with E-state index in [0.717, 1.165) is 19.5 Å². The molecule has 0 unspecified atom stereocenters. The molecule has 1 rings (SSSR count). The van der Waals surface area contributed by atoms with E-state index >= 15 is 0 Å². The van der Waals surface area contributed by atoms with Crippen LogP contribution >= 0.6 is 0 Å². The Bertz CT molecular complexity index is 206. The summed E-state index contributed by atoms with van der Waals surface area (Å²) in [7, 11) is 0. The highest BCUT2D eigenvalue weighted by molar-refractivity contribution is 5.73. The van der Waals surface area contributed by atoms with Crippen molar-refractivity contribution in [3.63, 3.8) is 0 Å². The van der Waals surface area contributed by atoms with Gasteiger partial charge in [-0.3, -0.25) is 4.79 Å². The van der Waals surface area contributed by atoms with Gasteiger partial charge in [0.05, 0.1) is 0 Å². The Morgan fingerprint density at radius 3 is 2.75 bits per heavy atom. The summed E-state index contributed by atoms with van der Waals surface area (Å²) < 4.78 is 0. The highest BCUT2D eigenvalue weighted by Gasteiger charge is 2.15. The standard InChI is InChI=1S/C10H17NO/c1-8(2)10-5-4-6-11(7-10)9(3)12/h5,8H,4,6-7H2,1-3H3. The van der Waals surface area contributed by atoms with E-state index in [2.05, 4.69) is 19.9 Å². The molecule has 2 nitrogen and oxygen atoms in total. The maximum absolute atomic E-state index is 11.1. The number of hydrogen-bond donors (Lipinski definition) is 0. The average Bonchev–Trinajstić information content (AvgIpc) is 2.04. The van der Waals surface area contributed by atoms with E-state index in [1.807, 2.05) is 4.90 Å². The van der Waals surface area contributed by atoms with Gasteiger partial charge in [-0.2, -0.15) is 0 Å². The molecule has 68 valence electrons. The van der Waals surface area contributed by atoms with Crippen molar-refractivity contribution < 1.29 is 4.79 Å². The fraction of sp³-hybridized carbons (Fsp3) is 0.700. The monoisotopic (exact) mass is 167 g/mol. The first kappa shape index (κ1) is 9.30. The van der Waals surface area contributed by atoms with Crippen LogP contribution in [0.25, 0.3) is 0 Å². The quantitative estimate of drug-likeness (QED) is 0.545. The minimum atomic E-state index is 0.196. The lowest BCUT2D eigenvalue weighted by atomic mass is 9.99. The molecule has 1 aliphatic heterocycles. The Balaban J connectivity index is 2.59. The average molecular weight is 167 g/mol. The molecule has 0 aliphatic carbocycles. The fourth-order valence-electron chi connectivity index (χ4n) is 1.46. The van der Waals surface area contributed by atoms with Crippen molar-refractivity contribution in [2.45, 2.75) is 27.2 Å². The smallest absolute Gasteiger partial charge is 0.219 e. The summed E-state index contributed by atoms with van der Waals surface area (Å²) in [4.78, 5) is 13.0. The van der Waals surface area contributed by atoms with Crippen molar-refractivity contribution in [3.05, 3.63) is 11.6 Å². The second-order valence-electron chi connectivity index (χ2n) is 3.66. The zero-order valence-corrected chi connectivity index (χ0v) is 8.13. The predicted octanol–water partition coefficient (Wildman–Crippen LogP) is 1.82. The van der Waals surface area contributed by atoms with Crippen LogP contribution in [0.2, 0.25) is 0 Å². The molecule has 1 amide bonds. The minimum Gasteiger partial charge on any atom is -0.339 e. The molecule has 1 aliphatic rings. The SMILES string of the molecule is CC(=O)N1CCC=C(C(C)C)C1. The third kappa shape index (κ3) is 2.10. The van der Waals surface area contributed by atoms with E-state index in [0.29, 0.717) is 5.92 Å². The van der Waals surface area contributed by atoms with Crippen molar-refractivity contribution in [3.8, 4) is 0 Å². The van der Waals surface area contributed by atoms with Crippen LogP contribution in [0.4, 0.5) is 0 Å². The van der Waals surface area contributed by atoms with Crippen LogP contribution < -0.4 is 0 Å². The van der Waals surface area contributed by atoms with E-state index in [4.69, 9.17) is 0 Å². The summed E-state index contributed by atoms with van der Waals surface area (Å²) in [6.07, 6.45) is 3.29. The van der Waals surface area contributed by atoms with Crippen LogP contribution in [0.3, 0.4) is 0 Å². The van der Waals surface area contributed by atoms with Crippen molar-refractivity contribution in [1.82, 2.24) is 4.90 Å². The molecule has 0 fully saturated rings. The topological polar surface area (TPSA) is 20.3 Å². The summed E-state index contributed by atoms with van der Waals surface area (Å²) in [6, 6.07) is 0. The molecule has 0 atom stereocenters. The molecule has 0 saturated carbocycles. The molecule has 0 N–H and O–H groups in total. The van der Waals surface area contributed by atoms with Gasteiger partial charge in [0.25, 0.3) is 0 Å². The van der Waals surface area contributed by atoms with E-state index in [-0.39, 0.29) is 5.91 Å². The second-order valence-corrected chi connectivity index (χ2v) is 3.66. The molecule has 0 radical (unpaired) electrons. The van der Waals surface area contributed by atoms with Gasteiger partial charge in [0, 0.05) is 20.0 Å². The van der Waals surface area contributed by atoms with Gasteiger partial charge in [-0.15, -0.1) is 0 Å². The van der Waals surface area contributed by atoms with E-state index in [9.17, 15) is 4.79 Å². The van der Waals surface area contributed by atoms with Crippen molar-refractivity contribution in [2.75, 3.05) is 13.1 Å². The summed E-state index contributed by atoms with van der Waals surface area (Å²) in [5.41, 5.74) is 1.40.